The summed E-state index contributed by atoms with van der Waals surface area (Å²) in [5, 5.41) is 14.9. The maximum atomic E-state index is 14.3. The van der Waals surface area contributed by atoms with Crippen molar-refractivity contribution in [3.05, 3.63) is 64.0 Å². The van der Waals surface area contributed by atoms with Crippen LogP contribution in [0.3, 0.4) is 0 Å². The standard InChI is InChI=1S/C22H24FN3O4S/c23-16-7-8-18-17(14-16)22(9-11-24-12-10-22)21(13-15-5-6-15)25(18)31(29,30)20-4-2-1-3-19(20)26(27)28/h1-4,7-8,14-15,21,24H,5-6,9-13H2/t21-/m1/s1. The summed E-state index contributed by atoms with van der Waals surface area (Å²) in [6.07, 6.45) is 4.17. The predicted octanol–water partition coefficient (Wildman–Crippen LogP) is 3.73. The first-order chi connectivity index (χ1) is 14.8. The average molecular weight is 446 g/mol. The molecule has 2 aliphatic heterocycles. The van der Waals surface area contributed by atoms with E-state index < -0.39 is 31.9 Å². The van der Waals surface area contributed by atoms with Gasteiger partial charge in [-0.15, -0.1) is 0 Å². The normalized spacial score (nSPS) is 22.5. The van der Waals surface area contributed by atoms with Crippen LogP contribution in [0.1, 0.15) is 37.7 Å². The fourth-order valence-electron chi connectivity index (χ4n) is 5.37. The van der Waals surface area contributed by atoms with Gasteiger partial charge in [-0.1, -0.05) is 25.0 Å². The molecule has 2 fully saturated rings. The van der Waals surface area contributed by atoms with Crippen LogP contribution in [0.5, 0.6) is 0 Å². The highest BCUT2D eigenvalue weighted by molar-refractivity contribution is 7.93. The molecule has 0 unspecified atom stereocenters. The van der Waals surface area contributed by atoms with Crippen molar-refractivity contribution in [3.63, 3.8) is 0 Å². The van der Waals surface area contributed by atoms with Gasteiger partial charge in [0.1, 0.15) is 5.82 Å². The van der Waals surface area contributed by atoms with Crippen LogP contribution in [0, 0.1) is 21.8 Å². The van der Waals surface area contributed by atoms with Crippen molar-refractivity contribution < 1.29 is 17.7 Å². The van der Waals surface area contributed by atoms with Crippen molar-refractivity contribution in [2.24, 2.45) is 5.92 Å². The molecule has 1 saturated heterocycles. The van der Waals surface area contributed by atoms with E-state index >= 15 is 0 Å². The minimum Gasteiger partial charge on any atom is -0.317 e. The highest BCUT2D eigenvalue weighted by atomic mass is 32.2. The summed E-state index contributed by atoms with van der Waals surface area (Å²) in [4.78, 5) is 10.6. The Kier molecular flexibility index (Phi) is 4.78. The molecule has 7 nitrogen and oxygen atoms in total. The third-order valence-electron chi connectivity index (χ3n) is 7.00. The zero-order valence-electron chi connectivity index (χ0n) is 17.0. The second kappa shape index (κ2) is 7.27. The summed E-state index contributed by atoms with van der Waals surface area (Å²) >= 11 is 0. The summed E-state index contributed by atoms with van der Waals surface area (Å²) in [6, 6.07) is 9.34. The molecule has 0 aromatic heterocycles. The van der Waals surface area contributed by atoms with E-state index in [9.17, 15) is 22.9 Å². The average Bonchev–Trinajstić information content (AvgIpc) is 3.54. The predicted molar refractivity (Wildman–Crippen MR) is 114 cm³/mol. The van der Waals surface area contributed by atoms with Crippen molar-refractivity contribution in [1.82, 2.24) is 5.32 Å². The first-order valence-electron chi connectivity index (χ1n) is 10.6. The smallest absolute Gasteiger partial charge is 0.289 e. The van der Waals surface area contributed by atoms with E-state index in [4.69, 9.17) is 0 Å². The van der Waals surface area contributed by atoms with Crippen LogP contribution in [0.15, 0.2) is 47.4 Å². The molecule has 2 aromatic rings. The third kappa shape index (κ3) is 3.22. The lowest BCUT2D eigenvalue weighted by Gasteiger charge is -2.42. The van der Waals surface area contributed by atoms with Crippen molar-refractivity contribution in [2.75, 3.05) is 17.4 Å². The fraction of sp³-hybridized carbons (Fsp3) is 0.455. The van der Waals surface area contributed by atoms with Gasteiger partial charge in [0.15, 0.2) is 4.90 Å². The van der Waals surface area contributed by atoms with Crippen molar-refractivity contribution in [3.8, 4) is 0 Å². The lowest BCUT2D eigenvalue weighted by molar-refractivity contribution is -0.387. The molecule has 0 bridgehead atoms. The van der Waals surface area contributed by atoms with E-state index in [1.54, 1.807) is 0 Å². The molecule has 0 amide bonds. The number of fused-ring (bicyclic) bond motifs is 2. The number of anilines is 1. The lowest BCUT2D eigenvalue weighted by atomic mass is 9.68. The number of rotatable bonds is 5. The van der Waals surface area contributed by atoms with Crippen molar-refractivity contribution in [2.45, 2.75) is 48.5 Å². The van der Waals surface area contributed by atoms with Gasteiger partial charge in [-0.05, 0) is 68.1 Å². The van der Waals surface area contributed by atoms with Gasteiger partial charge in [-0.2, -0.15) is 0 Å². The van der Waals surface area contributed by atoms with Gasteiger partial charge >= 0.3 is 0 Å². The first-order valence-corrected chi connectivity index (χ1v) is 12.1. The largest absolute Gasteiger partial charge is 0.317 e. The maximum absolute atomic E-state index is 14.3. The van der Waals surface area contributed by atoms with E-state index in [0.717, 1.165) is 25.9 Å². The Morgan fingerprint density at radius 3 is 2.55 bits per heavy atom. The zero-order valence-corrected chi connectivity index (χ0v) is 17.8. The van der Waals surface area contributed by atoms with Gasteiger partial charge < -0.3 is 5.32 Å². The monoisotopic (exact) mass is 445 g/mol. The summed E-state index contributed by atoms with van der Waals surface area (Å²) in [5.74, 6) is 0.0335. The Morgan fingerprint density at radius 2 is 1.87 bits per heavy atom. The van der Waals surface area contributed by atoms with Crippen LogP contribution < -0.4 is 9.62 Å². The molecule has 1 atom stereocenters. The Morgan fingerprint density at radius 1 is 1.16 bits per heavy atom. The Bertz CT molecular complexity index is 1140. The van der Waals surface area contributed by atoms with Crippen LogP contribution in [0.4, 0.5) is 15.8 Å². The number of nitro groups is 1. The van der Waals surface area contributed by atoms with E-state index in [-0.39, 0.29) is 10.9 Å². The molecule has 3 aliphatic rings. The van der Waals surface area contributed by atoms with Crippen molar-refractivity contribution >= 4 is 21.4 Å². The minimum atomic E-state index is -4.23. The van der Waals surface area contributed by atoms with E-state index in [2.05, 4.69) is 5.32 Å². The molecule has 2 aromatic carbocycles. The molecule has 9 heteroatoms. The molecule has 1 aliphatic carbocycles. The van der Waals surface area contributed by atoms with Gasteiger partial charge in [0, 0.05) is 11.5 Å². The number of benzene rings is 2. The van der Waals surface area contributed by atoms with Crippen LogP contribution in [0.2, 0.25) is 0 Å². The first kappa shape index (κ1) is 20.4. The van der Waals surface area contributed by atoms with Gasteiger partial charge in [0.05, 0.1) is 16.7 Å². The van der Waals surface area contributed by atoms with Gasteiger partial charge in [-0.25, -0.2) is 12.8 Å². The molecular weight excluding hydrogens is 421 g/mol. The molecule has 5 rings (SSSR count). The molecule has 0 radical (unpaired) electrons. The number of hydrogen-bond acceptors (Lipinski definition) is 5. The van der Waals surface area contributed by atoms with Crippen LogP contribution in [-0.2, 0) is 15.4 Å². The van der Waals surface area contributed by atoms with Crippen molar-refractivity contribution in [1.29, 1.82) is 0 Å². The highest BCUT2D eigenvalue weighted by Gasteiger charge is 2.56. The molecule has 164 valence electrons. The second-order valence-electron chi connectivity index (χ2n) is 8.79. The van der Waals surface area contributed by atoms with Crippen LogP contribution in [-0.4, -0.2) is 32.5 Å². The second-order valence-corrected chi connectivity index (χ2v) is 10.6. The van der Waals surface area contributed by atoms with Crippen LogP contribution in [0.25, 0.3) is 0 Å². The highest BCUT2D eigenvalue weighted by Crippen LogP contribution is 2.56. The molecule has 2 heterocycles. The van der Waals surface area contributed by atoms with Crippen LogP contribution >= 0.6 is 0 Å². The SMILES string of the molecule is O=[N+]([O-])c1ccccc1S(=O)(=O)N1c2ccc(F)cc2C2(CCNCC2)[C@H]1CC1CC1. The van der Waals surface area contributed by atoms with Gasteiger partial charge in [0.25, 0.3) is 15.7 Å². The molecule has 1 N–H and O–H groups in total. The topological polar surface area (TPSA) is 92.5 Å². The Balaban J connectivity index is 1.72. The molecule has 31 heavy (non-hydrogen) atoms. The summed E-state index contributed by atoms with van der Waals surface area (Å²) in [6.45, 7) is 1.44. The number of nitrogens with one attached hydrogen (secondary N) is 1. The summed E-state index contributed by atoms with van der Waals surface area (Å²) in [7, 11) is -4.23. The number of nitro benzene ring substituents is 1. The summed E-state index contributed by atoms with van der Waals surface area (Å²) in [5.41, 5.74) is 0.221. The molecular formula is C22H24FN3O4S. The number of piperidine rings is 1. The van der Waals surface area contributed by atoms with Gasteiger partial charge in [-0.3, -0.25) is 14.4 Å². The summed E-state index contributed by atoms with van der Waals surface area (Å²) < 4.78 is 43.6. The zero-order chi connectivity index (χ0) is 21.8. The molecule has 1 spiro atoms. The number of sulfonamides is 1. The fourth-order valence-corrected chi connectivity index (χ4v) is 7.28. The minimum absolute atomic E-state index is 0.318. The third-order valence-corrected chi connectivity index (χ3v) is 8.87. The van der Waals surface area contributed by atoms with Gasteiger partial charge in [0.2, 0.25) is 0 Å². The number of hydrogen-bond donors (Lipinski definition) is 1. The Labute approximate surface area is 180 Å². The number of para-hydroxylation sites is 1. The van der Waals surface area contributed by atoms with E-state index in [0.29, 0.717) is 36.4 Å². The quantitative estimate of drug-likeness (QED) is 0.559. The number of nitrogens with zero attached hydrogens (tertiary/aromatic N) is 2. The molecule has 1 saturated carbocycles. The van der Waals surface area contributed by atoms with E-state index in [1.165, 1.54) is 46.8 Å². The number of halogens is 1. The van der Waals surface area contributed by atoms with E-state index in [1.807, 2.05) is 0 Å². The Hall–Kier alpha value is -2.52. The maximum Gasteiger partial charge on any atom is 0.289 e. The lowest BCUT2D eigenvalue weighted by Crippen LogP contribution is -2.52.